The van der Waals surface area contributed by atoms with Crippen molar-refractivity contribution in [3.8, 4) is 5.75 Å². The van der Waals surface area contributed by atoms with Gasteiger partial charge in [-0.1, -0.05) is 68.3 Å². The lowest BCUT2D eigenvalue weighted by Gasteiger charge is -2.38. The molecule has 2 aromatic carbocycles. The van der Waals surface area contributed by atoms with Gasteiger partial charge in [-0.2, -0.15) is 4.31 Å². The summed E-state index contributed by atoms with van der Waals surface area (Å²) < 4.78 is 45.7. The van der Waals surface area contributed by atoms with Gasteiger partial charge in [0.05, 0.1) is 50.3 Å². The third-order valence-corrected chi connectivity index (χ3v) is 10.9. The van der Waals surface area contributed by atoms with Crippen molar-refractivity contribution >= 4 is 22.0 Å². The molecule has 0 saturated carbocycles. The fourth-order valence-corrected chi connectivity index (χ4v) is 7.78. The van der Waals surface area contributed by atoms with Crippen LogP contribution < -0.4 is 10.1 Å². The number of hydrogen-bond donors (Lipinski definition) is 2. The van der Waals surface area contributed by atoms with E-state index in [4.69, 9.17) is 14.2 Å². The summed E-state index contributed by atoms with van der Waals surface area (Å²) in [6, 6.07) is 12.6. The first-order valence-corrected chi connectivity index (χ1v) is 18.8. The molecule has 5 atom stereocenters. The van der Waals surface area contributed by atoms with Gasteiger partial charge in [-0.15, -0.1) is 0 Å². The lowest BCUT2D eigenvalue weighted by atomic mass is 9.98. The maximum atomic E-state index is 14.1. The van der Waals surface area contributed by atoms with E-state index in [9.17, 15) is 23.1 Å². The first kappa shape index (κ1) is 38.4. The van der Waals surface area contributed by atoms with Gasteiger partial charge in [0.1, 0.15) is 17.4 Å². The van der Waals surface area contributed by atoms with Crippen LogP contribution in [-0.2, 0) is 37.1 Å². The minimum Gasteiger partial charge on any atom is -0.497 e. The van der Waals surface area contributed by atoms with Crippen molar-refractivity contribution in [3.05, 3.63) is 77.4 Å². The van der Waals surface area contributed by atoms with Gasteiger partial charge in [-0.25, -0.2) is 13.2 Å². The Labute approximate surface area is 291 Å². The number of likely N-dealkylation sites (N-methyl/N-ethyl adjacent to an activating group) is 1. The van der Waals surface area contributed by atoms with Gasteiger partial charge in [-0.3, -0.25) is 9.69 Å². The first-order valence-electron chi connectivity index (χ1n) is 17.1. The largest absolute Gasteiger partial charge is 0.497 e. The number of aliphatic hydroxyl groups excluding tert-OH is 1. The maximum Gasteiger partial charge on any atom is 0.410 e. The van der Waals surface area contributed by atoms with Gasteiger partial charge in [0, 0.05) is 13.5 Å². The molecular weight excluding hydrogens is 646 g/mol. The summed E-state index contributed by atoms with van der Waals surface area (Å²) >= 11 is 0. The van der Waals surface area contributed by atoms with Gasteiger partial charge in [0.2, 0.25) is 15.9 Å². The number of fused-ring (bicyclic) bond motifs is 3. The molecule has 1 aliphatic heterocycles. The molecule has 0 aromatic heterocycles. The fourth-order valence-electron chi connectivity index (χ4n) is 6.35. The number of carbonyl (C=O) groups is 2. The molecule has 0 saturated heterocycles. The van der Waals surface area contributed by atoms with Gasteiger partial charge in [0.25, 0.3) is 0 Å². The number of carbonyl (C=O) groups excluding carboxylic acids is 2. The number of aliphatic hydroxyl groups is 1. The van der Waals surface area contributed by atoms with E-state index in [1.807, 2.05) is 55.5 Å². The predicted molar refractivity (Wildman–Crippen MR) is 189 cm³/mol. The van der Waals surface area contributed by atoms with Crippen LogP contribution in [0.4, 0.5) is 4.79 Å². The number of unbranched alkanes of at least 4 members (excludes halogenated alkanes) is 2. The molecule has 0 unspecified atom stereocenters. The zero-order valence-electron chi connectivity index (χ0n) is 29.6. The van der Waals surface area contributed by atoms with Crippen molar-refractivity contribution in [2.45, 2.75) is 102 Å². The van der Waals surface area contributed by atoms with Crippen LogP contribution in [0, 0.1) is 0 Å². The van der Waals surface area contributed by atoms with Gasteiger partial charge >= 0.3 is 6.09 Å². The molecule has 1 heterocycles. The lowest BCUT2D eigenvalue weighted by Crippen LogP contribution is -2.56. The van der Waals surface area contributed by atoms with E-state index in [0.717, 1.165) is 33.8 Å². The number of nitrogens with zero attached hydrogens (tertiary/aromatic N) is 2. The summed E-state index contributed by atoms with van der Waals surface area (Å²) in [7, 11) is -0.743. The zero-order valence-corrected chi connectivity index (χ0v) is 30.4. The van der Waals surface area contributed by atoms with E-state index < -0.39 is 58.0 Å². The highest BCUT2D eigenvalue weighted by Gasteiger charge is 2.43. The minimum absolute atomic E-state index is 0.0662. The Morgan fingerprint density at radius 1 is 1.12 bits per heavy atom. The Bertz CT molecular complexity index is 1540. The lowest BCUT2D eigenvalue weighted by molar-refractivity contribution is -0.126. The molecule has 2 N–H and O–H groups in total. The highest BCUT2D eigenvalue weighted by molar-refractivity contribution is 7.89. The molecule has 0 radical (unpaired) electrons. The van der Waals surface area contributed by atoms with Gasteiger partial charge in [0.15, 0.2) is 0 Å². The summed E-state index contributed by atoms with van der Waals surface area (Å²) in [6.07, 6.45) is 4.14. The SMILES string of the molecule is CCCCCS(=O)(=O)N(C)[C@H]1C/C=C\CO[C@H]2Cc3ccc(OC)cc3[C@H]2N(C(=O)OC(C)(C)C)C[C@@H](O)[C@H](Cc2ccccc2)NC1=O. The number of rotatable bonds is 9. The Morgan fingerprint density at radius 3 is 2.53 bits per heavy atom. The molecule has 2 aromatic rings. The molecule has 0 fully saturated rings. The second-order valence-electron chi connectivity index (χ2n) is 13.9. The molecule has 12 heteroatoms. The molecule has 1 aliphatic carbocycles. The Kier molecular flexibility index (Phi) is 13.3. The smallest absolute Gasteiger partial charge is 0.410 e. The summed E-state index contributed by atoms with van der Waals surface area (Å²) in [5, 5.41) is 15.0. The molecule has 11 nitrogen and oxygen atoms in total. The predicted octanol–water partition coefficient (Wildman–Crippen LogP) is 4.78. The minimum atomic E-state index is -3.75. The van der Waals surface area contributed by atoms with Crippen LogP contribution in [-0.4, -0.2) is 97.7 Å². The van der Waals surface area contributed by atoms with E-state index in [1.165, 1.54) is 11.9 Å². The van der Waals surface area contributed by atoms with Gasteiger partial charge < -0.3 is 24.6 Å². The Hall–Kier alpha value is -3.45. The number of ether oxygens (including phenoxy) is 3. The highest BCUT2D eigenvalue weighted by atomic mass is 32.2. The van der Waals surface area contributed by atoms with E-state index in [-0.39, 0.29) is 31.7 Å². The van der Waals surface area contributed by atoms with E-state index >= 15 is 0 Å². The van der Waals surface area contributed by atoms with Crippen LogP contribution in [0.5, 0.6) is 5.75 Å². The number of methoxy groups -OCH3 is 1. The molecule has 0 spiro atoms. The molecule has 4 rings (SSSR count). The molecule has 2 amide bonds. The van der Waals surface area contributed by atoms with E-state index in [2.05, 4.69) is 5.32 Å². The quantitative estimate of drug-likeness (QED) is 0.282. The second kappa shape index (κ2) is 17.0. The van der Waals surface area contributed by atoms with Crippen molar-refractivity contribution < 1.29 is 37.3 Å². The van der Waals surface area contributed by atoms with Crippen molar-refractivity contribution in [2.75, 3.05) is 33.1 Å². The molecule has 2 aliphatic rings. The van der Waals surface area contributed by atoms with Crippen molar-refractivity contribution in [1.29, 1.82) is 0 Å². The van der Waals surface area contributed by atoms with Crippen molar-refractivity contribution in [2.24, 2.45) is 0 Å². The third kappa shape index (κ3) is 10.3. The average molecular weight is 700 g/mol. The van der Waals surface area contributed by atoms with Crippen LogP contribution in [0.15, 0.2) is 60.7 Å². The van der Waals surface area contributed by atoms with Crippen LogP contribution in [0.1, 0.15) is 76.1 Å². The van der Waals surface area contributed by atoms with E-state index in [0.29, 0.717) is 18.6 Å². The highest BCUT2D eigenvalue weighted by Crippen LogP contribution is 2.41. The number of benzene rings is 2. The first-order chi connectivity index (χ1) is 23.2. The maximum absolute atomic E-state index is 14.1. The summed E-state index contributed by atoms with van der Waals surface area (Å²) in [5.74, 6) is 0.0164. The molecule has 270 valence electrons. The number of amides is 2. The van der Waals surface area contributed by atoms with E-state index in [1.54, 1.807) is 40.0 Å². The van der Waals surface area contributed by atoms with Crippen LogP contribution >= 0.6 is 0 Å². The number of β-amino-alcohol motifs (C(OH)–C–C–N with tert-alkyl or cyclic N) is 1. The average Bonchev–Trinajstić information content (AvgIpc) is 3.40. The van der Waals surface area contributed by atoms with Crippen LogP contribution in [0.25, 0.3) is 0 Å². The fraction of sp³-hybridized carbons (Fsp3) is 0.568. The molecule has 0 bridgehead atoms. The molecule has 49 heavy (non-hydrogen) atoms. The van der Waals surface area contributed by atoms with Crippen molar-refractivity contribution in [1.82, 2.24) is 14.5 Å². The van der Waals surface area contributed by atoms with Crippen molar-refractivity contribution in [3.63, 3.8) is 0 Å². The Morgan fingerprint density at radius 2 is 1.86 bits per heavy atom. The molecular formula is C37H53N3O8S. The monoisotopic (exact) mass is 699 g/mol. The summed E-state index contributed by atoms with van der Waals surface area (Å²) in [6.45, 7) is 7.30. The third-order valence-electron chi connectivity index (χ3n) is 9.00. The summed E-state index contributed by atoms with van der Waals surface area (Å²) in [5.41, 5.74) is 1.84. The van der Waals surface area contributed by atoms with Crippen LogP contribution in [0.2, 0.25) is 0 Å². The topological polar surface area (TPSA) is 135 Å². The van der Waals surface area contributed by atoms with Crippen LogP contribution in [0.3, 0.4) is 0 Å². The summed E-state index contributed by atoms with van der Waals surface area (Å²) in [4.78, 5) is 29.6. The Balaban J connectivity index is 1.77. The zero-order chi connectivity index (χ0) is 35.8. The standard InChI is InChI=1S/C37H53N3O8S/c1-7-8-14-21-49(44,45)39(5)31-17-12-13-20-47-33-23-27-18-19-28(46-6)24-29(27)34(33)40(36(43)48-37(2,3)4)25-32(41)30(38-35(31)42)22-26-15-10-9-11-16-26/h9-13,15-16,18-19,24,30-34,41H,7-8,14,17,20-23,25H2,1-6H3,(H,38,42)/b13-12-/t30-,31-,32+,33-,34+/m0/s1. The number of sulfonamides is 1. The van der Waals surface area contributed by atoms with Gasteiger partial charge in [-0.05, 0) is 68.9 Å². The number of hydrogen-bond acceptors (Lipinski definition) is 8. The normalized spacial score (nSPS) is 24.4. The number of nitrogens with one attached hydrogen (secondary N) is 1. The second-order valence-corrected chi connectivity index (χ2v) is 16.0.